The van der Waals surface area contributed by atoms with Gasteiger partial charge >= 0.3 is 0 Å². The van der Waals surface area contributed by atoms with Crippen LogP contribution in [-0.4, -0.2) is 34.3 Å². The van der Waals surface area contributed by atoms with Gasteiger partial charge in [-0.05, 0) is 19.1 Å². The maximum Gasteiger partial charge on any atom is 0.261 e. The van der Waals surface area contributed by atoms with E-state index in [4.69, 9.17) is 4.52 Å². The van der Waals surface area contributed by atoms with Crippen molar-refractivity contribution in [1.82, 2.24) is 10.1 Å². The van der Waals surface area contributed by atoms with Crippen molar-refractivity contribution in [3.8, 4) is 0 Å². The average Bonchev–Trinajstić information content (AvgIpc) is 3.01. The Balaban J connectivity index is 1.62. The van der Waals surface area contributed by atoms with Gasteiger partial charge in [0.25, 0.3) is 11.8 Å². The maximum atomic E-state index is 12.1. The second-order valence-electron chi connectivity index (χ2n) is 4.94. The number of fused-ring (bicyclic) bond motifs is 1. The summed E-state index contributed by atoms with van der Waals surface area (Å²) in [5.74, 6) is -0.856. The van der Waals surface area contributed by atoms with Crippen LogP contribution in [0, 0.1) is 6.92 Å². The standard InChI is InChI=1S/C15H13N3O4/c1-9-8-13(22-17-9)16-12(19)6-7-18-14(20)10-4-2-3-5-11(10)15(18)21/h2-5,8H,6-7H2,1H3,(H,16,19). The fourth-order valence-electron chi connectivity index (χ4n) is 2.28. The molecule has 0 bridgehead atoms. The largest absolute Gasteiger partial charge is 0.338 e. The number of hydrogen-bond donors (Lipinski definition) is 1. The van der Waals surface area contributed by atoms with Crippen molar-refractivity contribution in [2.24, 2.45) is 0 Å². The van der Waals surface area contributed by atoms with Gasteiger partial charge in [-0.15, -0.1) is 0 Å². The molecule has 0 unspecified atom stereocenters. The van der Waals surface area contributed by atoms with Crippen LogP contribution in [-0.2, 0) is 4.79 Å². The van der Waals surface area contributed by atoms with E-state index in [1.54, 1.807) is 37.3 Å². The third kappa shape index (κ3) is 2.48. The van der Waals surface area contributed by atoms with E-state index in [2.05, 4.69) is 10.5 Å². The van der Waals surface area contributed by atoms with E-state index >= 15 is 0 Å². The number of imide groups is 1. The lowest BCUT2D eigenvalue weighted by Crippen LogP contribution is -2.32. The second-order valence-corrected chi connectivity index (χ2v) is 4.94. The molecule has 7 nitrogen and oxygen atoms in total. The van der Waals surface area contributed by atoms with Crippen molar-refractivity contribution in [3.63, 3.8) is 0 Å². The van der Waals surface area contributed by atoms with E-state index < -0.39 is 0 Å². The number of aryl methyl sites for hydroxylation is 1. The van der Waals surface area contributed by atoms with Crippen molar-refractivity contribution in [3.05, 3.63) is 47.2 Å². The van der Waals surface area contributed by atoms with Gasteiger partial charge in [0, 0.05) is 19.0 Å². The topological polar surface area (TPSA) is 92.5 Å². The molecular formula is C15H13N3O4. The normalized spacial score (nSPS) is 13.4. The summed E-state index contributed by atoms with van der Waals surface area (Å²) in [6.07, 6.45) is -0.00871. The SMILES string of the molecule is Cc1cc(NC(=O)CCN2C(=O)c3ccccc3C2=O)on1. The number of rotatable bonds is 4. The van der Waals surface area contributed by atoms with Crippen LogP contribution in [0.2, 0.25) is 0 Å². The molecule has 1 aliphatic heterocycles. The molecule has 2 aromatic rings. The van der Waals surface area contributed by atoms with Gasteiger partial charge in [-0.3, -0.25) is 24.6 Å². The summed E-state index contributed by atoms with van der Waals surface area (Å²) in [6.45, 7) is 1.75. The van der Waals surface area contributed by atoms with Gasteiger partial charge < -0.3 is 4.52 Å². The van der Waals surface area contributed by atoms with Gasteiger partial charge in [-0.25, -0.2) is 0 Å². The number of carbonyl (C=O) groups is 3. The Bertz CT molecular complexity index is 731. The lowest BCUT2D eigenvalue weighted by atomic mass is 10.1. The Hall–Kier alpha value is -2.96. The van der Waals surface area contributed by atoms with Gasteiger partial charge in [-0.1, -0.05) is 17.3 Å². The van der Waals surface area contributed by atoms with Crippen molar-refractivity contribution >= 4 is 23.6 Å². The minimum absolute atomic E-state index is 0.00871. The third-order valence-electron chi connectivity index (χ3n) is 3.33. The van der Waals surface area contributed by atoms with Crippen molar-refractivity contribution in [2.45, 2.75) is 13.3 Å². The van der Waals surface area contributed by atoms with E-state index in [1.165, 1.54) is 0 Å². The average molecular weight is 299 g/mol. The summed E-state index contributed by atoms with van der Waals surface area (Å²) in [5.41, 5.74) is 1.40. The highest BCUT2D eigenvalue weighted by Crippen LogP contribution is 2.22. The highest BCUT2D eigenvalue weighted by Gasteiger charge is 2.34. The molecule has 1 aromatic carbocycles. The van der Waals surface area contributed by atoms with Crippen molar-refractivity contribution < 1.29 is 18.9 Å². The van der Waals surface area contributed by atoms with Crippen LogP contribution < -0.4 is 5.32 Å². The number of hydrogen-bond acceptors (Lipinski definition) is 5. The van der Waals surface area contributed by atoms with E-state index in [1.807, 2.05) is 0 Å². The molecule has 0 saturated heterocycles. The van der Waals surface area contributed by atoms with E-state index in [0.29, 0.717) is 16.8 Å². The first-order valence-electron chi connectivity index (χ1n) is 6.74. The highest BCUT2D eigenvalue weighted by atomic mass is 16.5. The Morgan fingerprint density at radius 2 is 1.86 bits per heavy atom. The Labute approximate surface area is 125 Å². The zero-order chi connectivity index (χ0) is 15.7. The molecule has 0 atom stereocenters. The van der Waals surface area contributed by atoms with E-state index in [-0.39, 0.29) is 36.6 Å². The van der Waals surface area contributed by atoms with Gasteiger partial charge in [0.05, 0.1) is 16.8 Å². The van der Waals surface area contributed by atoms with E-state index in [0.717, 1.165) is 4.90 Å². The van der Waals surface area contributed by atoms with Gasteiger partial charge in [0.2, 0.25) is 11.8 Å². The van der Waals surface area contributed by atoms with Crippen LogP contribution in [0.25, 0.3) is 0 Å². The smallest absolute Gasteiger partial charge is 0.261 e. The molecule has 0 saturated carbocycles. The Morgan fingerprint density at radius 1 is 1.23 bits per heavy atom. The highest BCUT2D eigenvalue weighted by molar-refractivity contribution is 6.21. The molecule has 0 radical (unpaired) electrons. The van der Waals surface area contributed by atoms with Crippen LogP contribution in [0.5, 0.6) is 0 Å². The zero-order valence-corrected chi connectivity index (χ0v) is 11.8. The number of nitrogens with zero attached hydrogens (tertiary/aromatic N) is 2. The molecular weight excluding hydrogens is 286 g/mol. The van der Waals surface area contributed by atoms with Gasteiger partial charge in [0.15, 0.2) is 0 Å². The first-order chi connectivity index (χ1) is 10.6. The van der Waals surface area contributed by atoms with Crippen LogP contribution in [0.4, 0.5) is 5.88 Å². The first kappa shape index (κ1) is 14.0. The number of anilines is 1. The predicted octanol–water partition coefficient (Wildman–Crippen LogP) is 1.61. The third-order valence-corrected chi connectivity index (χ3v) is 3.33. The Morgan fingerprint density at radius 3 is 2.41 bits per heavy atom. The van der Waals surface area contributed by atoms with Crippen molar-refractivity contribution in [1.29, 1.82) is 0 Å². The van der Waals surface area contributed by atoms with E-state index in [9.17, 15) is 14.4 Å². The molecule has 1 N–H and O–H groups in total. The number of amides is 3. The minimum atomic E-state index is -0.371. The zero-order valence-electron chi connectivity index (χ0n) is 11.8. The molecule has 1 aromatic heterocycles. The summed E-state index contributed by atoms with van der Waals surface area (Å²) >= 11 is 0. The van der Waals surface area contributed by atoms with Gasteiger partial charge in [0.1, 0.15) is 0 Å². The monoisotopic (exact) mass is 299 g/mol. The summed E-state index contributed by atoms with van der Waals surface area (Å²) in [7, 11) is 0. The number of carbonyl (C=O) groups excluding carboxylic acids is 3. The predicted molar refractivity (Wildman–Crippen MR) is 76.3 cm³/mol. The summed E-state index contributed by atoms with van der Waals surface area (Å²) in [4.78, 5) is 37.1. The quantitative estimate of drug-likeness (QED) is 0.866. The molecule has 2 heterocycles. The number of benzene rings is 1. The lowest BCUT2D eigenvalue weighted by molar-refractivity contribution is -0.116. The minimum Gasteiger partial charge on any atom is -0.338 e. The van der Waals surface area contributed by atoms with Crippen LogP contribution in [0.3, 0.4) is 0 Å². The molecule has 0 aliphatic carbocycles. The summed E-state index contributed by atoms with van der Waals surface area (Å²) in [5, 5.41) is 6.17. The molecule has 0 spiro atoms. The molecule has 3 amide bonds. The molecule has 1 aliphatic rings. The Kier molecular flexibility index (Phi) is 3.46. The molecule has 22 heavy (non-hydrogen) atoms. The van der Waals surface area contributed by atoms with Crippen LogP contribution in [0.1, 0.15) is 32.8 Å². The fraction of sp³-hybridized carbons (Fsp3) is 0.200. The van der Waals surface area contributed by atoms with Gasteiger partial charge in [-0.2, -0.15) is 0 Å². The summed E-state index contributed by atoms with van der Waals surface area (Å²) in [6, 6.07) is 8.19. The molecule has 3 rings (SSSR count). The second kappa shape index (κ2) is 5.44. The molecule has 7 heteroatoms. The van der Waals surface area contributed by atoms with Crippen molar-refractivity contribution in [2.75, 3.05) is 11.9 Å². The fourth-order valence-corrected chi connectivity index (χ4v) is 2.28. The maximum absolute atomic E-state index is 12.1. The summed E-state index contributed by atoms with van der Waals surface area (Å²) < 4.78 is 4.87. The first-order valence-corrected chi connectivity index (χ1v) is 6.74. The van der Waals surface area contributed by atoms with Crippen LogP contribution >= 0.6 is 0 Å². The number of nitrogens with one attached hydrogen (secondary N) is 1. The molecule has 0 fully saturated rings. The number of aromatic nitrogens is 1. The lowest BCUT2D eigenvalue weighted by Gasteiger charge is -2.12. The molecule has 112 valence electrons. The van der Waals surface area contributed by atoms with Crippen LogP contribution in [0.15, 0.2) is 34.9 Å².